The minimum Gasteiger partial charge on any atom is -0.488 e. The van der Waals surface area contributed by atoms with Crippen molar-refractivity contribution in [2.24, 2.45) is 5.10 Å². The van der Waals surface area contributed by atoms with Gasteiger partial charge in [0.1, 0.15) is 18.9 Å². The van der Waals surface area contributed by atoms with Crippen molar-refractivity contribution in [3.63, 3.8) is 0 Å². The van der Waals surface area contributed by atoms with Crippen LogP contribution in [0, 0.1) is 0 Å². The summed E-state index contributed by atoms with van der Waals surface area (Å²) in [4.78, 5) is 13.0. The lowest BCUT2D eigenvalue weighted by atomic mass is 10.0. The number of nitrogens with one attached hydrogen (secondary N) is 1. The fourth-order valence-corrected chi connectivity index (χ4v) is 5.43. The van der Waals surface area contributed by atoms with Crippen molar-refractivity contribution < 1.29 is 17.9 Å². The van der Waals surface area contributed by atoms with E-state index in [1.807, 2.05) is 36.4 Å². The zero-order chi connectivity index (χ0) is 28.5. The first-order valence-corrected chi connectivity index (χ1v) is 14.5. The number of rotatable bonds is 11. The molecule has 4 rings (SSSR count). The van der Waals surface area contributed by atoms with Gasteiger partial charge in [0.05, 0.1) is 16.8 Å². The Labute approximate surface area is 240 Å². The Bertz CT molecular complexity index is 1560. The number of anilines is 1. The molecule has 0 radical (unpaired) electrons. The number of ether oxygens (including phenoxy) is 1. The Hall–Kier alpha value is -4.14. The standard InChI is InChI=1S/C31H30ClN3O4S/c1-23(2)25-14-18-28(19-15-25)35(40(37,38)29-9-4-3-5-10-29)21-31(36)34-33-20-26-8-6-7-11-30(26)39-22-24-12-16-27(32)17-13-24/h3-20,23H,21-22H2,1-2H3,(H,34,36)/b33-20+. The van der Waals surface area contributed by atoms with Gasteiger partial charge in [-0.1, -0.05) is 80.0 Å². The van der Waals surface area contributed by atoms with Gasteiger partial charge in [0.15, 0.2) is 0 Å². The van der Waals surface area contributed by atoms with Crippen molar-refractivity contribution in [2.45, 2.75) is 31.3 Å². The smallest absolute Gasteiger partial charge is 0.264 e. The Morgan fingerprint density at radius 3 is 2.25 bits per heavy atom. The molecule has 0 aliphatic rings. The normalized spacial score (nSPS) is 11.5. The van der Waals surface area contributed by atoms with Crippen molar-refractivity contribution in [3.8, 4) is 5.75 Å². The van der Waals surface area contributed by atoms with E-state index in [4.69, 9.17) is 16.3 Å². The number of carbonyl (C=O) groups is 1. The van der Waals surface area contributed by atoms with E-state index in [9.17, 15) is 13.2 Å². The molecule has 1 amide bonds. The molecular weight excluding hydrogens is 546 g/mol. The number of sulfonamides is 1. The minimum absolute atomic E-state index is 0.0889. The van der Waals surface area contributed by atoms with Gasteiger partial charge in [0, 0.05) is 10.6 Å². The number of para-hydroxylation sites is 1. The van der Waals surface area contributed by atoms with Crippen LogP contribution in [0.4, 0.5) is 5.69 Å². The first kappa shape index (κ1) is 28.9. The average Bonchev–Trinajstić information content (AvgIpc) is 2.96. The number of carbonyl (C=O) groups excluding carboxylic acids is 1. The number of hydrogen-bond donors (Lipinski definition) is 1. The first-order valence-electron chi connectivity index (χ1n) is 12.7. The van der Waals surface area contributed by atoms with Gasteiger partial charge in [-0.2, -0.15) is 5.10 Å². The monoisotopic (exact) mass is 575 g/mol. The number of nitrogens with zero attached hydrogens (tertiary/aromatic N) is 2. The third-order valence-electron chi connectivity index (χ3n) is 6.09. The van der Waals surface area contributed by atoms with E-state index in [0.717, 1.165) is 15.4 Å². The highest BCUT2D eigenvalue weighted by Gasteiger charge is 2.27. The van der Waals surface area contributed by atoms with Crippen LogP contribution in [-0.4, -0.2) is 27.1 Å². The SMILES string of the molecule is CC(C)c1ccc(N(CC(=O)N/N=C/c2ccccc2OCc2ccc(Cl)cc2)S(=O)(=O)c2ccccc2)cc1. The van der Waals surface area contributed by atoms with E-state index < -0.39 is 22.5 Å². The number of hydrazone groups is 1. The summed E-state index contributed by atoms with van der Waals surface area (Å²) in [5.74, 6) is 0.265. The van der Waals surface area contributed by atoms with Gasteiger partial charge in [0.25, 0.3) is 15.9 Å². The topological polar surface area (TPSA) is 88.1 Å². The molecular formula is C31H30ClN3O4S. The largest absolute Gasteiger partial charge is 0.488 e. The van der Waals surface area contributed by atoms with Gasteiger partial charge in [-0.3, -0.25) is 9.10 Å². The molecule has 0 aliphatic heterocycles. The van der Waals surface area contributed by atoms with Crippen LogP contribution in [0.5, 0.6) is 5.75 Å². The van der Waals surface area contributed by atoms with Crippen molar-refractivity contribution in [1.29, 1.82) is 0 Å². The summed E-state index contributed by atoms with van der Waals surface area (Å²) in [6, 6.07) is 29.8. The van der Waals surface area contributed by atoms with E-state index in [2.05, 4.69) is 24.4 Å². The second-order valence-electron chi connectivity index (χ2n) is 9.32. The quantitative estimate of drug-likeness (QED) is 0.166. The Morgan fingerprint density at radius 2 is 1.57 bits per heavy atom. The number of halogens is 1. The van der Waals surface area contributed by atoms with Gasteiger partial charge in [-0.05, 0) is 65.6 Å². The third kappa shape index (κ3) is 7.49. The minimum atomic E-state index is -4.01. The van der Waals surface area contributed by atoms with Crippen LogP contribution in [-0.2, 0) is 21.4 Å². The molecule has 206 valence electrons. The molecule has 0 aromatic heterocycles. The summed E-state index contributed by atoms with van der Waals surface area (Å²) in [6.45, 7) is 3.99. The Morgan fingerprint density at radius 1 is 0.925 bits per heavy atom. The van der Waals surface area contributed by atoms with Crippen LogP contribution in [0.1, 0.15) is 36.5 Å². The Kier molecular flexibility index (Phi) is 9.58. The number of benzene rings is 4. The molecule has 4 aromatic carbocycles. The van der Waals surface area contributed by atoms with Crippen LogP contribution >= 0.6 is 11.6 Å². The molecule has 0 saturated heterocycles. The summed E-state index contributed by atoms with van der Waals surface area (Å²) in [7, 11) is -4.01. The van der Waals surface area contributed by atoms with E-state index in [1.54, 1.807) is 54.6 Å². The highest BCUT2D eigenvalue weighted by Crippen LogP contribution is 2.26. The van der Waals surface area contributed by atoms with Gasteiger partial charge in [-0.15, -0.1) is 0 Å². The third-order valence-corrected chi connectivity index (χ3v) is 8.13. The lowest BCUT2D eigenvalue weighted by molar-refractivity contribution is -0.119. The van der Waals surface area contributed by atoms with Gasteiger partial charge < -0.3 is 4.74 Å². The van der Waals surface area contributed by atoms with Crippen LogP contribution < -0.4 is 14.5 Å². The molecule has 0 aliphatic carbocycles. The molecule has 9 heteroatoms. The zero-order valence-corrected chi connectivity index (χ0v) is 23.8. The van der Waals surface area contributed by atoms with E-state index in [1.165, 1.54) is 18.3 Å². The van der Waals surface area contributed by atoms with Gasteiger partial charge in [0.2, 0.25) is 0 Å². The summed E-state index contributed by atoms with van der Waals surface area (Å²) < 4.78 is 34.0. The maximum absolute atomic E-state index is 13.5. The van der Waals surface area contributed by atoms with Crippen molar-refractivity contribution in [2.75, 3.05) is 10.8 Å². The predicted octanol–water partition coefficient (Wildman–Crippen LogP) is 6.39. The van der Waals surface area contributed by atoms with Crippen molar-refractivity contribution in [1.82, 2.24) is 5.43 Å². The van der Waals surface area contributed by atoms with Crippen LogP contribution in [0.2, 0.25) is 5.02 Å². The van der Waals surface area contributed by atoms with Crippen LogP contribution in [0.25, 0.3) is 0 Å². The molecule has 0 fully saturated rings. The summed E-state index contributed by atoms with van der Waals surface area (Å²) in [6.07, 6.45) is 1.46. The van der Waals surface area contributed by atoms with E-state index in [-0.39, 0.29) is 10.8 Å². The van der Waals surface area contributed by atoms with E-state index in [0.29, 0.717) is 28.6 Å². The molecule has 1 N–H and O–H groups in total. The average molecular weight is 576 g/mol. The summed E-state index contributed by atoms with van der Waals surface area (Å²) in [5, 5.41) is 4.71. The van der Waals surface area contributed by atoms with E-state index >= 15 is 0 Å². The predicted molar refractivity (Wildman–Crippen MR) is 159 cm³/mol. The lowest BCUT2D eigenvalue weighted by Crippen LogP contribution is -2.39. The Balaban J connectivity index is 1.48. The zero-order valence-electron chi connectivity index (χ0n) is 22.2. The van der Waals surface area contributed by atoms with Crippen LogP contribution in [0.15, 0.2) is 113 Å². The fourth-order valence-electron chi connectivity index (χ4n) is 3.86. The highest BCUT2D eigenvalue weighted by molar-refractivity contribution is 7.92. The maximum Gasteiger partial charge on any atom is 0.264 e. The second kappa shape index (κ2) is 13.3. The molecule has 0 heterocycles. The molecule has 0 unspecified atom stereocenters. The molecule has 4 aromatic rings. The van der Waals surface area contributed by atoms with Crippen molar-refractivity contribution in [3.05, 3.63) is 125 Å². The molecule has 0 spiro atoms. The maximum atomic E-state index is 13.5. The first-order chi connectivity index (χ1) is 19.2. The van der Waals surface area contributed by atoms with Gasteiger partial charge in [-0.25, -0.2) is 13.8 Å². The van der Waals surface area contributed by atoms with Gasteiger partial charge >= 0.3 is 0 Å². The van der Waals surface area contributed by atoms with Crippen LogP contribution in [0.3, 0.4) is 0 Å². The lowest BCUT2D eigenvalue weighted by Gasteiger charge is -2.24. The number of hydrogen-bond acceptors (Lipinski definition) is 5. The molecule has 0 bridgehead atoms. The van der Waals surface area contributed by atoms with Crippen molar-refractivity contribution >= 4 is 39.4 Å². The summed E-state index contributed by atoms with van der Waals surface area (Å²) in [5.41, 5.74) is 5.49. The molecule has 7 nitrogen and oxygen atoms in total. The molecule has 0 atom stereocenters. The molecule has 40 heavy (non-hydrogen) atoms. The molecule has 0 saturated carbocycles. The number of amides is 1. The highest BCUT2D eigenvalue weighted by atomic mass is 35.5. The second-order valence-corrected chi connectivity index (χ2v) is 11.6. The fraction of sp³-hybridized carbons (Fsp3) is 0.161. The summed E-state index contributed by atoms with van der Waals surface area (Å²) >= 11 is 5.95.